The van der Waals surface area contributed by atoms with Gasteiger partial charge in [-0.05, 0) is 43.7 Å². The van der Waals surface area contributed by atoms with Gasteiger partial charge in [0.05, 0.1) is 31.5 Å². The van der Waals surface area contributed by atoms with Crippen LogP contribution in [0.15, 0.2) is 42.5 Å². The molecule has 2 aliphatic rings. The molecule has 1 aromatic heterocycles. The maximum atomic E-state index is 12.5. The van der Waals surface area contributed by atoms with Crippen molar-refractivity contribution in [3.63, 3.8) is 0 Å². The van der Waals surface area contributed by atoms with E-state index in [0.29, 0.717) is 31.9 Å². The summed E-state index contributed by atoms with van der Waals surface area (Å²) >= 11 is 0. The number of phenolic OH excluding ortho intramolecular Hbond substituents is 1. The smallest absolute Gasteiger partial charge is 0.254 e. The zero-order valence-corrected chi connectivity index (χ0v) is 15.4. The van der Waals surface area contributed by atoms with Gasteiger partial charge in [0, 0.05) is 24.3 Å². The Hall–Kier alpha value is -2.44. The van der Waals surface area contributed by atoms with Crippen LogP contribution < -0.4 is 0 Å². The fraction of sp³-hybridized carbons (Fsp3) is 0.429. The van der Waals surface area contributed by atoms with Crippen molar-refractivity contribution in [1.29, 1.82) is 0 Å². The molecule has 1 aromatic carbocycles. The maximum absolute atomic E-state index is 12.5. The van der Waals surface area contributed by atoms with Crippen LogP contribution in [0.25, 0.3) is 0 Å². The van der Waals surface area contributed by atoms with Crippen LogP contribution in [0.1, 0.15) is 34.6 Å². The summed E-state index contributed by atoms with van der Waals surface area (Å²) in [5.41, 5.74) is 2.11. The Morgan fingerprint density at radius 3 is 2.93 bits per heavy atom. The zero-order valence-electron chi connectivity index (χ0n) is 15.4. The molecule has 0 saturated carbocycles. The highest BCUT2D eigenvalue weighted by atomic mass is 16.5. The molecule has 1 N–H and O–H groups in total. The first-order chi connectivity index (χ1) is 13.0. The fourth-order valence-electron chi connectivity index (χ4n) is 3.84. The lowest BCUT2D eigenvalue weighted by molar-refractivity contribution is -0.188. The van der Waals surface area contributed by atoms with Gasteiger partial charge >= 0.3 is 0 Å². The standard InChI is InChI=1S/C21H24N2O4/c1-15-4-2-6-17(22-15)12-26-19-8-9-27-21(11-19)13-23(14-21)20(25)16-5-3-7-18(24)10-16/h2-7,10,19,24H,8-9,11-14H2,1H3. The SMILES string of the molecule is Cc1cccc(COC2CCOC3(C2)CN(C(=O)c2cccc(O)c2)C3)n1. The fourth-order valence-corrected chi connectivity index (χ4v) is 3.84. The highest BCUT2D eigenvalue weighted by Crippen LogP contribution is 2.36. The molecule has 2 aromatic rings. The van der Waals surface area contributed by atoms with Crippen LogP contribution in [0, 0.1) is 6.92 Å². The third kappa shape index (κ3) is 3.96. The van der Waals surface area contributed by atoms with E-state index in [-0.39, 0.29) is 23.4 Å². The first-order valence-electron chi connectivity index (χ1n) is 9.29. The summed E-state index contributed by atoms with van der Waals surface area (Å²) < 4.78 is 12.1. The number of amides is 1. The number of phenols is 1. The second-order valence-corrected chi connectivity index (χ2v) is 7.44. The van der Waals surface area contributed by atoms with Crippen LogP contribution in [0.3, 0.4) is 0 Å². The Morgan fingerprint density at radius 2 is 2.15 bits per heavy atom. The van der Waals surface area contributed by atoms with E-state index in [2.05, 4.69) is 4.98 Å². The number of carbonyl (C=O) groups is 1. The van der Waals surface area contributed by atoms with Gasteiger partial charge < -0.3 is 19.5 Å². The predicted molar refractivity (Wildman–Crippen MR) is 99.5 cm³/mol. The summed E-state index contributed by atoms with van der Waals surface area (Å²) in [4.78, 5) is 18.8. The zero-order chi connectivity index (χ0) is 18.9. The Kier molecular flexibility index (Phi) is 4.85. The van der Waals surface area contributed by atoms with Crippen molar-refractivity contribution >= 4 is 5.91 Å². The summed E-state index contributed by atoms with van der Waals surface area (Å²) in [7, 11) is 0. The second kappa shape index (κ2) is 7.29. The first kappa shape index (κ1) is 17.9. The number of aryl methyl sites for hydroxylation is 1. The van der Waals surface area contributed by atoms with Gasteiger partial charge in [0.2, 0.25) is 0 Å². The van der Waals surface area contributed by atoms with Crippen LogP contribution in [-0.4, -0.2) is 52.3 Å². The molecule has 6 nitrogen and oxygen atoms in total. The van der Waals surface area contributed by atoms with Gasteiger partial charge in [-0.25, -0.2) is 0 Å². The predicted octanol–water partition coefficient (Wildman–Crippen LogP) is 2.69. The third-order valence-electron chi connectivity index (χ3n) is 5.20. The number of benzene rings is 1. The highest BCUT2D eigenvalue weighted by molar-refractivity contribution is 5.95. The van der Waals surface area contributed by atoms with Gasteiger partial charge in [-0.2, -0.15) is 0 Å². The van der Waals surface area contributed by atoms with Crippen molar-refractivity contribution < 1.29 is 19.4 Å². The topological polar surface area (TPSA) is 71.9 Å². The number of rotatable bonds is 4. The van der Waals surface area contributed by atoms with Crippen molar-refractivity contribution in [2.75, 3.05) is 19.7 Å². The normalized spacial score (nSPS) is 21.1. The first-order valence-corrected chi connectivity index (χ1v) is 9.29. The Morgan fingerprint density at radius 1 is 1.33 bits per heavy atom. The molecule has 2 aliphatic heterocycles. The number of hydrogen-bond donors (Lipinski definition) is 1. The largest absolute Gasteiger partial charge is 0.508 e. The Labute approximate surface area is 158 Å². The number of carbonyl (C=O) groups excluding carboxylic acids is 1. The lowest BCUT2D eigenvalue weighted by atomic mass is 9.84. The van der Waals surface area contributed by atoms with Gasteiger partial charge in [0.25, 0.3) is 5.91 Å². The molecule has 0 bridgehead atoms. The van der Waals surface area contributed by atoms with Gasteiger partial charge in [0.1, 0.15) is 11.4 Å². The quantitative estimate of drug-likeness (QED) is 0.898. The second-order valence-electron chi connectivity index (χ2n) is 7.44. The molecule has 2 fully saturated rings. The average Bonchev–Trinajstić information content (AvgIpc) is 2.64. The highest BCUT2D eigenvalue weighted by Gasteiger charge is 2.49. The van der Waals surface area contributed by atoms with E-state index in [9.17, 15) is 9.90 Å². The average molecular weight is 368 g/mol. The summed E-state index contributed by atoms with van der Waals surface area (Å²) in [6.45, 7) is 4.22. The molecule has 0 radical (unpaired) electrons. The van der Waals surface area contributed by atoms with E-state index >= 15 is 0 Å². The number of ether oxygens (including phenoxy) is 2. The van der Waals surface area contributed by atoms with E-state index < -0.39 is 0 Å². The maximum Gasteiger partial charge on any atom is 0.254 e. The molecular weight excluding hydrogens is 344 g/mol. The van der Waals surface area contributed by atoms with E-state index in [4.69, 9.17) is 9.47 Å². The summed E-state index contributed by atoms with van der Waals surface area (Å²) in [6.07, 6.45) is 1.75. The van der Waals surface area contributed by atoms with Crippen LogP contribution in [0.2, 0.25) is 0 Å². The molecule has 2 saturated heterocycles. The van der Waals surface area contributed by atoms with Gasteiger partial charge in [-0.1, -0.05) is 12.1 Å². The van der Waals surface area contributed by atoms with Crippen molar-refractivity contribution in [2.45, 2.75) is 38.1 Å². The molecular formula is C21H24N2O4. The molecule has 1 spiro atoms. The van der Waals surface area contributed by atoms with Crippen molar-refractivity contribution in [3.8, 4) is 5.75 Å². The van der Waals surface area contributed by atoms with Crippen LogP contribution >= 0.6 is 0 Å². The lowest BCUT2D eigenvalue weighted by Gasteiger charge is -2.53. The lowest BCUT2D eigenvalue weighted by Crippen LogP contribution is -2.67. The Bertz CT molecular complexity index is 832. The molecule has 1 amide bonds. The molecule has 1 unspecified atom stereocenters. The number of pyridine rings is 1. The van der Waals surface area contributed by atoms with E-state index in [1.807, 2.05) is 25.1 Å². The van der Waals surface area contributed by atoms with Crippen LogP contribution in [0.4, 0.5) is 0 Å². The van der Waals surface area contributed by atoms with E-state index in [1.54, 1.807) is 23.1 Å². The van der Waals surface area contributed by atoms with Gasteiger partial charge in [0.15, 0.2) is 0 Å². The molecule has 142 valence electrons. The monoisotopic (exact) mass is 368 g/mol. The summed E-state index contributed by atoms with van der Waals surface area (Å²) in [5, 5.41) is 9.56. The van der Waals surface area contributed by atoms with Crippen LogP contribution in [-0.2, 0) is 16.1 Å². The minimum Gasteiger partial charge on any atom is -0.508 e. The molecule has 0 aliphatic carbocycles. The number of hydrogen-bond acceptors (Lipinski definition) is 5. The molecule has 6 heteroatoms. The molecule has 4 rings (SSSR count). The summed E-state index contributed by atoms with van der Waals surface area (Å²) in [5.74, 6) is 0.0235. The minimum absolute atomic E-state index is 0.0767. The molecule has 1 atom stereocenters. The minimum atomic E-state index is -0.310. The van der Waals surface area contributed by atoms with E-state index in [0.717, 1.165) is 24.2 Å². The van der Waals surface area contributed by atoms with E-state index in [1.165, 1.54) is 6.07 Å². The Balaban J connectivity index is 1.32. The number of aromatic nitrogens is 1. The van der Waals surface area contributed by atoms with Crippen LogP contribution in [0.5, 0.6) is 5.75 Å². The van der Waals surface area contributed by atoms with Gasteiger partial charge in [-0.3, -0.25) is 9.78 Å². The van der Waals surface area contributed by atoms with Gasteiger partial charge in [-0.15, -0.1) is 0 Å². The number of likely N-dealkylation sites (tertiary alicyclic amines) is 1. The third-order valence-corrected chi connectivity index (χ3v) is 5.20. The summed E-state index contributed by atoms with van der Waals surface area (Å²) in [6, 6.07) is 12.4. The van der Waals surface area contributed by atoms with Crippen molar-refractivity contribution in [3.05, 3.63) is 59.4 Å². The number of aromatic hydroxyl groups is 1. The van der Waals surface area contributed by atoms with Crippen molar-refractivity contribution in [1.82, 2.24) is 9.88 Å². The number of nitrogens with zero attached hydrogens (tertiary/aromatic N) is 2. The molecule has 27 heavy (non-hydrogen) atoms. The van der Waals surface area contributed by atoms with Crippen molar-refractivity contribution in [2.24, 2.45) is 0 Å². The molecule has 3 heterocycles.